The van der Waals surface area contributed by atoms with Crippen LogP contribution in [0.3, 0.4) is 0 Å². The number of allylic oxidation sites excluding steroid dienone is 1. The Kier molecular flexibility index (Phi) is 6.67. The predicted molar refractivity (Wildman–Crippen MR) is 106 cm³/mol. The van der Waals surface area contributed by atoms with E-state index in [0.717, 1.165) is 6.07 Å². The van der Waals surface area contributed by atoms with Crippen LogP contribution in [0.1, 0.15) is 12.5 Å². The lowest BCUT2D eigenvalue weighted by molar-refractivity contribution is -0.135. The van der Waals surface area contributed by atoms with Gasteiger partial charge in [0.05, 0.1) is 11.3 Å². The molecule has 2 rings (SSSR count). The molecule has 2 atom stereocenters. The number of amides is 2. The Balaban J connectivity index is 2.46. The predicted octanol–water partition coefficient (Wildman–Crippen LogP) is 3.78. The minimum Gasteiger partial charge on any atom is -0.368 e. The van der Waals surface area contributed by atoms with Gasteiger partial charge >= 0.3 is 0 Å². The number of hydrogen-bond acceptors (Lipinski definition) is 3. The van der Waals surface area contributed by atoms with Crippen LogP contribution in [0.25, 0.3) is 0 Å². The second-order valence-electron chi connectivity index (χ2n) is 7.19. The van der Waals surface area contributed by atoms with E-state index in [1.54, 1.807) is 19.0 Å². The van der Waals surface area contributed by atoms with E-state index in [1.807, 2.05) is 0 Å². The highest BCUT2D eigenvalue weighted by Crippen LogP contribution is 2.38. The summed E-state index contributed by atoms with van der Waals surface area (Å²) in [6, 6.07) is 3.26. The summed E-state index contributed by atoms with van der Waals surface area (Å²) in [5, 5.41) is 2.61. The van der Waals surface area contributed by atoms with Crippen LogP contribution in [0.15, 0.2) is 41.6 Å². The summed E-state index contributed by atoms with van der Waals surface area (Å²) in [6.07, 6.45) is 1.47. The van der Waals surface area contributed by atoms with Gasteiger partial charge in [-0.15, -0.1) is 0 Å². The fourth-order valence-corrected chi connectivity index (χ4v) is 3.62. The monoisotopic (exact) mass is 429 g/mol. The molecule has 1 saturated heterocycles. The Morgan fingerprint density at radius 3 is 2.55 bits per heavy atom. The number of likely N-dealkylation sites (tertiary alicyclic amines) is 1. The summed E-state index contributed by atoms with van der Waals surface area (Å²) in [6.45, 7) is 4.45. The van der Waals surface area contributed by atoms with Gasteiger partial charge in [-0.05, 0) is 17.7 Å². The minimum absolute atomic E-state index is 0.197. The molecule has 29 heavy (non-hydrogen) atoms. The van der Waals surface area contributed by atoms with E-state index in [4.69, 9.17) is 11.6 Å². The maximum absolute atomic E-state index is 14.0. The second-order valence-corrected chi connectivity index (χ2v) is 7.55. The highest BCUT2D eigenvalue weighted by Gasteiger charge is 2.46. The van der Waals surface area contributed by atoms with Crippen LogP contribution in [-0.2, 0) is 15.5 Å². The molecule has 0 unspecified atom stereocenters. The number of nitrogens with zero attached hydrogens (tertiary/aromatic N) is 2. The average molecular weight is 430 g/mol. The number of alkyl halides is 2. The van der Waals surface area contributed by atoms with Gasteiger partial charge in [0.2, 0.25) is 11.8 Å². The summed E-state index contributed by atoms with van der Waals surface area (Å²) >= 11 is 6.32. The molecule has 1 aromatic carbocycles. The number of carbonyl (C=O) groups excluding carboxylic acids is 2. The molecular formula is C20H23ClF3N3O2. The van der Waals surface area contributed by atoms with Gasteiger partial charge in [-0.1, -0.05) is 30.3 Å². The van der Waals surface area contributed by atoms with Gasteiger partial charge in [0.15, 0.2) is 0 Å². The highest BCUT2D eigenvalue weighted by atomic mass is 35.5. The number of rotatable bonds is 6. The lowest BCUT2D eigenvalue weighted by Crippen LogP contribution is -2.34. The van der Waals surface area contributed by atoms with E-state index in [-0.39, 0.29) is 12.2 Å². The van der Waals surface area contributed by atoms with Crippen LogP contribution in [0, 0.1) is 17.7 Å². The first-order chi connectivity index (χ1) is 13.4. The first-order valence-electron chi connectivity index (χ1n) is 8.82. The molecule has 9 heteroatoms. The molecule has 1 aliphatic rings. The first kappa shape index (κ1) is 22.8. The summed E-state index contributed by atoms with van der Waals surface area (Å²) in [7, 11) is 4.92. The van der Waals surface area contributed by atoms with Crippen molar-refractivity contribution in [3.8, 4) is 0 Å². The van der Waals surface area contributed by atoms with Crippen LogP contribution in [-0.4, -0.2) is 49.3 Å². The fraction of sp³-hybridized carbons (Fsp3) is 0.400. The zero-order chi connectivity index (χ0) is 22.1. The SMILES string of the molecule is C=C/C(=C(/Cl)N(C)C)[C@H]1CN(C)C(=O)[C@@H]1C(=O)Nc1cccc(F)c1C(C)(F)F. The molecule has 0 saturated carbocycles. The van der Waals surface area contributed by atoms with Gasteiger partial charge in [-0.2, -0.15) is 0 Å². The summed E-state index contributed by atoms with van der Waals surface area (Å²) in [5.74, 6) is -7.84. The molecule has 5 nitrogen and oxygen atoms in total. The van der Waals surface area contributed by atoms with Crippen molar-refractivity contribution in [3.05, 3.63) is 53.0 Å². The molecule has 1 aliphatic heterocycles. The Morgan fingerprint density at radius 2 is 2.03 bits per heavy atom. The lowest BCUT2D eigenvalue weighted by Gasteiger charge is -2.23. The standard InChI is InChI=1S/C20H23ClF3N3O2/c1-6-11(17(21)26(3)4)12-10-27(5)19(29)15(12)18(28)25-14-9-7-8-13(22)16(14)20(2,23)24/h6-9,12,15H,1,10H2,2-5H3,(H,25,28)/b17-11+/t12-,15+/m1/s1. The molecule has 0 bridgehead atoms. The zero-order valence-electron chi connectivity index (χ0n) is 16.6. The van der Waals surface area contributed by atoms with Crippen LogP contribution in [0.2, 0.25) is 0 Å². The number of carbonyl (C=O) groups is 2. The molecule has 1 fully saturated rings. The smallest absolute Gasteiger partial charge is 0.275 e. The van der Waals surface area contributed by atoms with Crippen molar-refractivity contribution in [1.29, 1.82) is 0 Å². The molecule has 0 radical (unpaired) electrons. The summed E-state index contributed by atoms with van der Waals surface area (Å²) < 4.78 is 41.8. The van der Waals surface area contributed by atoms with Crippen molar-refractivity contribution in [1.82, 2.24) is 9.80 Å². The number of halogens is 4. The van der Waals surface area contributed by atoms with Crippen molar-refractivity contribution in [2.24, 2.45) is 11.8 Å². The van der Waals surface area contributed by atoms with E-state index in [0.29, 0.717) is 17.7 Å². The molecule has 158 valence electrons. The maximum atomic E-state index is 14.0. The largest absolute Gasteiger partial charge is 0.368 e. The molecule has 0 aromatic heterocycles. The fourth-order valence-electron chi connectivity index (χ4n) is 3.40. The third kappa shape index (κ3) is 4.58. The number of nitrogens with one attached hydrogen (secondary N) is 1. The quantitative estimate of drug-likeness (QED) is 0.425. The lowest BCUT2D eigenvalue weighted by atomic mass is 9.87. The average Bonchev–Trinajstić information content (AvgIpc) is 2.89. The molecular weight excluding hydrogens is 407 g/mol. The number of benzene rings is 1. The van der Waals surface area contributed by atoms with Crippen LogP contribution in [0.5, 0.6) is 0 Å². The van der Waals surface area contributed by atoms with E-state index in [1.165, 1.54) is 30.2 Å². The molecule has 1 N–H and O–H groups in total. The van der Waals surface area contributed by atoms with E-state index in [2.05, 4.69) is 11.9 Å². The van der Waals surface area contributed by atoms with Crippen molar-refractivity contribution >= 4 is 29.1 Å². The molecule has 2 amide bonds. The van der Waals surface area contributed by atoms with Gasteiger partial charge in [-0.3, -0.25) is 9.59 Å². The normalized spacial score (nSPS) is 20.4. The van der Waals surface area contributed by atoms with E-state index >= 15 is 0 Å². The van der Waals surface area contributed by atoms with E-state index < -0.39 is 41.0 Å². The Hall–Kier alpha value is -2.48. The van der Waals surface area contributed by atoms with Gasteiger partial charge in [0.1, 0.15) is 16.9 Å². The Labute approximate surface area is 172 Å². The first-order valence-corrected chi connectivity index (χ1v) is 9.20. The topological polar surface area (TPSA) is 52.7 Å². The Morgan fingerprint density at radius 1 is 1.41 bits per heavy atom. The molecule has 1 aromatic rings. The molecule has 0 spiro atoms. The zero-order valence-corrected chi connectivity index (χ0v) is 17.4. The van der Waals surface area contributed by atoms with Crippen LogP contribution < -0.4 is 5.32 Å². The van der Waals surface area contributed by atoms with Crippen molar-refractivity contribution < 1.29 is 22.8 Å². The van der Waals surface area contributed by atoms with Crippen molar-refractivity contribution in [2.75, 3.05) is 33.0 Å². The number of anilines is 1. The minimum atomic E-state index is -3.52. The third-order valence-electron chi connectivity index (χ3n) is 4.76. The summed E-state index contributed by atoms with van der Waals surface area (Å²) in [5.41, 5.74) is -0.837. The number of hydrogen-bond donors (Lipinski definition) is 1. The van der Waals surface area contributed by atoms with Crippen molar-refractivity contribution in [3.63, 3.8) is 0 Å². The van der Waals surface area contributed by atoms with Crippen molar-refractivity contribution in [2.45, 2.75) is 12.8 Å². The highest BCUT2D eigenvalue weighted by molar-refractivity contribution is 6.29. The van der Waals surface area contributed by atoms with Gasteiger partial charge in [0, 0.05) is 40.5 Å². The van der Waals surface area contributed by atoms with Gasteiger partial charge in [0.25, 0.3) is 5.92 Å². The van der Waals surface area contributed by atoms with Crippen LogP contribution >= 0.6 is 11.6 Å². The maximum Gasteiger partial charge on any atom is 0.275 e. The molecule has 0 aliphatic carbocycles. The molecule has 1 heterocycles. The van der Waals surface area contributed by atoms with Gasteiger partial charge < -0.3 is 15.1 Å². The second kappa shape index (κ2) is 8.49. The van der Waals surface area contributed by atoms with E-state index in [9.17, 15) is 22.8 Å². The third-order valence-corrected chi connectivity index (χ3v) is 5.31. The van der Waals surface area contributed by atoms with Gasteiger partial charge in [-0.25, -0.2) is 13.2 Å². The Bertz CT molecular complexity index is 865. The summed E-state index contributed by atoms with van der Waals surface area (Å²) in [4.78, 5) is 28.6. The van der Waals surface area contributed by atoms with Crippen LogP contribution in [0.4, 0.5) is 18.9 Å².